The molecular weight excluding hydrogens is 403 g/mol. The molecule has 11 heteroatoms. The van der Waals surface area contributed by atoms with Crippen LogP contribution in [0, 0.1) is 0 Å². The molecule has 27 heavy (non-hydrogen) atoms. The van der Waals surface area contributed by atoms with Crippen LogP contribution in [0.25, 0.3) is 0 Å². The Morgan fingerprint density at radius 3 is 2.37 bits per heavy atom. The molecule has 0 spiro atoms. The van der Waals surface area contributed by atoms with Gasteiger partial charge in [0.05, 0.1) is 4.90 Å². The summed E-state index contributed by atoms with van der Waals surface area (Å²) >= 11 is 1.17. The number of nitrogens with zero attached hydrogens (tertiary/aromatic N) is 2. The standard InChI is InChI=1S/C16H18F3N3O3S2/c17-16(18,19)14(23)22-8-5-12(6-9-22)11-1-3-13(4-2-11)27(24,25)21-15-20-7-10-26-15/h1-4,7,10,12,14,23H,5-6,8-9H2,(H,20,21). The highest BCUT2D eigenvalue weighted by Crippen LogP contribution is 2.32. The van der Waals surface area contributed by atoms with Gasteiger partial charge in [-0.3, -0.25) is 9.62 Å². The molecule has 1 aromatic carbocycles. The van der Waals surface area contributed by atoms with Crippen molar-refractivity contribution in [3.05, 3.63) is 41.4 Å². The van der Waals surface area contributed by atoms with Crippen molar-refractivity contribution in [1.82, 2.24) is 9.88 Å². The van der Waals surface area contributed by atoms with Crippen LogP contribution in [0.2, 0.25) is 0 Å². The smallest absolute Gasteiger partial charge is 0.370 e. The zero-order valence-corrected chi connectivity index (χ0v) is 15.7. The molecule has 148 valence electrons. The second kappa shape index (κ2) is 7.74. The Morgan fingerprint density at radius 1 is 1.22 bits per heavy atom. The Labute approximate surface area is 158 Å². The SMILES string of the molecule is O=S(=O)(Nc1nccs1)c1ccc(C2CCN(C(O)C(F)(F)F)CC2)cc1. The molecule has 1 aromatic heterocycles. The molecule has 6 nitrogen and oxygen atoms in total. The first-order valence-electron chi connectivity index (χ1n) is 8.18. The molecular formula is C16H18F3N3O3S2. The van der Waals surface area contributed by atoms with Gasteiger partial charge < -0.3 is 5.11 Å². The number of piperidine rings is 1. The van der Waals surface area contributed by atoms with E-state index in [1.54, 1.807) is 17.5 Å². The van der Waals surface area contributed by atoms with Gasteiger partial charge in [0.2, 0.25) is 6.23 Å². The zero-order valence-electron chi connectivity index (χ0n) is 14.1. The molecule has 0 amide bonds. The third-order valence-corrected chi connectivity index (χ3v) is 6.66. The first-order valence-corrected chi connectivity index (χ1v) is 10.5. The normalized spacial score (nSPS) is 18.4. The third kappa shape index (κ3) is 4.78. The van der Waals surface area contributed by atoms with Crippen LogP contribution in [0.4, 0.5) is 18.3 Å². The number of nitrogens with one attached hydrogen (secondary N) is 1. The Balaban J connectivity index is 1.63. The Kier molecular flexibility index (Phi) is 5.75. The number of likely N-dealkylation sites (tertiary alicyclic amines) is 1. The Bertz CT molecular complexity index is 847. The molecule has 1 fully saturated rings. The van der Waals surface area contributed by atoms with E-state index in [0.29, 0.717) is 12.8 Å². The topological polar surface area (TPSA) is 82.5 Å². The van der Waals surface area contributed by atoms with Crippen LogP contribution in [0.5, 0.6) is 0 Å². The maximum Gasteiger partial charge on any atom is 0.428 e. The van der Waals surface area contributed by atoms with E-state index in [0.717, 1.165) is 10.5 Å². The molecule has 1 unspecified atom stereocenters. The van der Waals surface area contributed by atoms with Gasteiger partial charge in [-0.15, -0.1) is 11.3 Å². The number of thiazole rings is 1. The van der Waals surface area contributed by atoms with E-state index in [4.69, 9.17) is 0 Å². The summed E-state index contributed by atoms with van der Waals surface area (Å²) in [5, 5.41) is 11.3. The van der Waals surface area contributed by atoms with Crippen molar-refractivity contribution in [3.63, 3.8) is 0 Å². The van der Waals surface area contributed by atoms with Crippen LogP contribution >= 0.6 is 11.3 Å². The predicted octanol–water partition coefficient (Wildman–Crippen LogP) is 3.00. The summed E-state index contributed by atoms with van der Waals surface area (Å²) in [6.45, 7) is 0.244. The molecule has 0 radical (unpaired) electrons. The number of aromatic nitrogens is 1. The van der Waals surface area contributed by atoms with Gasteiger partial charge in [-0.05, 0) is 36.5 Å². The highest BCUT2D eigenvalue weighted by Gasteiger charge is 2.43. The Hall–Kier alpha value is -1.69. The van der Waals surface area contributed by atoms with Crippen LogP contribution < -0.4 is 4.72 Å². The number of benzene rings is 1. The number of alkyl halides is 3. The quantitative estimate of drug-likeness (QED) is 0.776. The number of aliphatic hydroxyl groups excluding tert-OH is 1. The van der Waals surface area contributed by atoms with Crippen LogP contribution in [0.15, 0.2) is 40.7 Å². The zero-order chi connectivity index (χ0) is 19.7. The van der Waals surface area contributed by atoms with Gasteiger partial charge in [0, 0.05) is 24.7 Å². The van der Waals surface area contributed by atoms with E-state index >= 15 is 0 Å². The van der Waals surface area contributed by atoms with Crippen molar-refractivity contribution in [2.24, 2.45) is 0 Å². The molecule has 1 aliphatic rings. The molecule has 0 aliphatic carbocycles. The molecule has 1 atom stereocenters. The van der Waals surface area contributed by atoms with Crippen molar-refractivity contribution in [1.29, 1.82) is 0 Å². The van der Waals surface area contributed by atoms with Gasteiger partial charge in [-0.25, -0.2) is 13.4 Å². The number of aliphatic hydroxyl groups is 1. The number of anilines is 1. The minimum Gasteiger partial charge on any atom is -0.370 e. The lowest BCUT2D eigenvalue weighted by Crippen LogP contribution is -2.48. The molecule has 0 bridgehead atoms. The average molecular weight is 421 g/mol. The highest BCUT2D eigenvalue weighted by atomic mass is 32.2. The number of sulfonamides is 1. The molecule has 0 saturated carbocycles. The van der Waals surface area contributed by atoms with Gasteiger partial charge in [0.25, 0.3) is 10.0 Å². The average Bonchev–Trinajstić information content (AvgIpc) is 3.13. The number of rotatable bonds is 5. The lowest BCUT2D eigenvalue weighted by Gasteiger charge is -2.35. The lowest BCUT2D eigenvalue weighted by molar-refractivity contribution is -0.252. The second-order valence-corrected chi connectivity index (χ2v) is 8.81. The van der Waals surface area contributed by atoms with Gasteiger partial charge >= 0.3 is 6.18 Å². The lowest BCUT2D eigenvalue weighted by atomic mass is 9.89. The van der Waals surface area contributed by atoms with Crippen LogP contribution in [0.1, 0.15) is 24.3 Å². The predicted molar refractivity (Wildman–Crippen MR) is 95.0 cm³/mol. The van der Waals surface area contributed by atoms with E-state index in [-0.39, 0.29) is 29.0 Å². The minimum atomic E-state index is -4.66. The maximum atomic E-state index is 12.6. The van der Waals surface area contributed by atoms with Gasteiger partial charge in [-0.2, -0.15) is 13.2 Å². The summed E-state index contributed by atoms with van der Waals surface area (Å²) in [6.07, 6.45) is -4.70. The summed E-state index contributed by atoms with van der Waals surface area (Å²) in [5.41, 5.74) is 0.865. The van der Waals surface area contributed by atoms with Crippen LogP contribution in [0.3, 0.4) is 0 Å². The summed E-state index contributed by atoms with van der Waals surface area (Å²) < 4.78 is 64.8. The molecule has 2 aromatic rings. The molecule has 1 saturated heterocycles. The van der Waals surface area contributed by atoms with E-state index < -0.39 is 22.4 Å². The molecule has 2 heterocycles. The highest BCUT2D eigenvalue weighted by molar-refractivity contribution is 7.93. The molecule has 3 rings (SSSR count). The molecule has 2 N–H and O–H groups in total. The first-order chi connectivity index (χ1) is 12.7. The van der Waals surface area contributed by atoms with Crippen molar-refractivity contribution in [2.45, 2.75) is 36.1 Å². The van der Waals surface area contributed by atoms with Crippen molar-refractivity contribution < 1.29 is 26.7 Å². The van der Waals surface area contributed by atoms with E-state index in [2.05, 4.69) is 9.71 Å². The fourth-order valence-corrected chi connectivity index (χ4v) is 4.84. The maximum absolute atomic E-state index is 12.6. The van der Waals surface area contributed by atoms with Crippen molar-refractivity contribution in [2.75, 3.05) is 17.8 Å². The van der Waals surface area contributed by atoms with E-state index in [1.807, 2.05) is 0 Å². The fraction of sp³-hybridized carbons (Fsp3) is 0.438. The monoisotopic (exact) mass is 421 g/mol. The van der Waals surface area contributed by atoms with Gasteiger partial charge in [0.1, 0.15) is 0 Å². The van der Waals surface area contributed by atoms with Gasteiger partial charge in [0.15, 0.2) is 5.13 Å². The summed E-state index contributed by atoms with van der Waals surface area (Å²) in [4.78, 5) is 4.98. The largest absolute Gasteiger partial charge is 0.428 e. The summed E-state index contributed by atoms with van der Waals surface area (Å²) in [5.74, 6) is 0.0189. The Morgan fingerprint density at radius 2 is 1.85 bits per heavy atom. The molecule has 1 aliphatic heterocycles. The van der Waals surface area contributed by atoms with Crippen LogP contribution in [-0.2, 0) is 10.0 Å². The van der Waals surface area contributed by atoms with Gasteiger partial charge in [-0.1, -0.05) is 12.1 Å². The fourth-order valence-electron chi connectivity index (χ4n) is 3.05. The second-order valence-electron chi connectivity index (χ2n) is 6.24. The number of hydrogen-bond acceptors (Lipinski definition) is 6. The van der Waals surface area contributed by atoms with Crippen LogP contribution in [-0.4, -0.2) is 48.9 Å². The van der Waals surface area contributed by atoms with Crippen molar-refractivity contribution >= 4 is 26.5 Å². The number of halogens is 3. The number of hydrogen-bond donors (Lipinski definition) is 2. The third-order valence-electron chi connectivity index (χ3n) is 4.48. The van der Waals surface area contributed by atoms with E-state index in [1.165, 1.54) is 29.7 Å². The first kappa shape index (κ1) is 20.1. The summed E-state index contributed by atoms with van der Waals surface area (Å²) in [7, 11) is -3.74. The van der Waals surface area contributed by atoms with E-state index in [9.17, 15) is 26.7 Å². The minimum absolute atomic E-state index is 0.0189. The summed E-state index contributed by atoms with van der Waals surface area (Å²) in [6, 6.07) is 6.30. The van der Waals surface area contributed by atoms with Crippen molar-refractivity contribution in [3.8, 4) is 0 Å².